The van der Waals surface area contributed by atoms with E-state index in [1.54, 1.807) is 0 Å². The molecule has 0 aromatic rings. The molecule has 0 amide bonds. The Kier molecular flexibility index (Phi) is 4.29. The Morgan fingerprint density at radius 3 is 2.20 bits per heavy atom. The molecule has 1 aliphatic rings. The molecule has 1 aliphatic carbocycles. The third kappa shape index (κ3) is 3.64. The van der Waals surface area contributed by atoms with Gasteiger partial charge in [-0.1, -0.05) is 6.58 Å². The molecular formula is C11H18O4. The molecule has 0 atom stereocenters. The number of rotatable bonds is 4. The van der Waals surface area contributed by atoms with Crippen molar-refractivity contribution in [2.75, 3.05) is 0 Å². The van der Waals surface area contributed by atoms with Gasteiger partial charge in [0, 0.05) is 11.5 Å². The summed E-state index contributed by atoms with van der Waals surface area (Å²) in [5.74, 6) is -0.637. The molecule has 15 heavy (non-hydrogen) atoms. The smallest absolute Gasteiger partial charge is 0.330 e. The van der Waals surface area contributed by atoms with Crippen LogP contribution in [0.4, 0.5) is 0 Å². The minimum Gasteiger partial charge on any atom is -0.478 e. The van der Waals surface area contributed by atoms with Crippen LogP contribution in [0.15, 0.2) is 12.2 Å². The zero-order chi connectivity index (χ0) is 11.4. The molecule has 1 fully saturated rings. The van der Waals surface area contributed by atoms with Gasteiger partial charge in [-0.05, 0) is 38.0 Å². The summed E-state index contributed by atoms with van der Waals surface area (Å²) >= 11 is 0. The summed E-state index contributed by atoms with van der Waals surface area (Å²) in [5.41, 5.74) is 0.253. The molecule has 0 aliphatic heterocycles. The van der Waals surface area contributed by atoms with Crippen molar-refractivity contribution in [3.63, 3.8) is 0 Å². The molecule has 0 spiro atoms. The number of hydrogen-bond acceptors (Lipinski definition) is 3. The molecule has 1 saturated carbocycles. The van der Waals surface area contributed by atoms with Gasteiger partial charge in [0.25, 0.3) is 0 Å². The van der Waals surface area contributed by atoms with Gasteiger partial charge in [0.15, 0.2) is 6.29 Å². The first-order valence-electron chi connectivity index (χ1n) is 5.28. The predicted octanol–water partition coefficient (Wildman–Crippen LogP) is 1.13. The van der Waals surface area contributed by atoms with E-state index in [1.165, 1.54) is 0 Å². The van der Waals surface area contributed by atoms with Crippen molar-refractivity contribution in [3.8, 4) is 0 Å². The van der Waals surface area contributed by atoms with Crippen LogP contribution >= 0.6 is 0 Å². The van der Waals surface area contributed by atoms with E-state index in [4.69, 9.17) is 15.3 Å². The monoisotopic (exact) mass is 214 g/mol. The second kappa shape index (κ2) is 5.28. The molecule has 4 heteroatoms. The Labute approximate surface area is 89.2 Å². The number of aliphatic hydroxyl groups is 2. The molecule has 0 aromatic heterocycles. The summed E-state index contributed by atoms with van der Waals surface area (Å²) in [4.78, 5) is 10.6. The Morgan fingerprint density at radius 2 is 1.80 bits per heavy atom. The standard InChI is InChI=1S/C11H18O4/c1-7(10(12)13)6-8-2-4-9(5-3-8)11(14)15/h8-9,11,14-15H,1-6H2,(H,12,13). The molecule has 0 unspecified atom stereocenters. The summed E-state index contributed by atoms with van der Waals surface area (Å²) in [7, 11) is 0. The predicted molar refractivity (Wildman–Crippen MR) is 55.1 cm³/mol. The van der Waals surface area contributed by atoms with E-state index in [0.717, 1.165) is 25.7 Å². The fourth-order valence-corrected chi connectivity index (χ4v) is 2.13. The van der Waals surface area contributed by atoms with Crippen LogP contribution in [0.3, 0.4) is 0 Å². The van der Waals surface area contributed by atoms with Crippen molar-refractivity contribution in [3.05, 3.63) is 12.2 Å². The summed E-state index contributed by atoms with van der Waals surface area (Å²) in [6.45, 7) is 3.50. The third-order valence-electron chi connectivity index (χ3n) is 3.15. The second-order valence-corrected chi connectivity index (χ2v) is 4.31. The van der Waals surface area contributed by atoms with Crippen LogP contribution in [-0.2, 0) is 4.79 Å². The maximum atomic E-state index is 10.6. The fraction of sp³-hybridized carbons (Fsp3) is 0.727. The molecule has 0 heterocycles. The highest BCUT2D eigenvalue weighted by Gasteiger charge is 2.26. The first kappa shape index (κ1) is 12.2. The van der Waals surface area contributed by atoms with Crippen molar-refractivity contribution in [2.45, 2.75) is 38.4 Å². The van der Waals surface area contributed by atoms with Gasteiger partial charge in [0.2, 0.25) is 0 Å². The van der Waals surface area contributed by atoms with E-state index in [9.17, 15) is 4.79 Å². The molecule has 1 rings (SSSR count). The molecule has 3 N–H and O–H groups in total. The van der Waals surface area contributed by atoms with Crippen molar-refractivity contribution in [2.24, 2.45) is 11.8 Å². The van der Waals surface area contributed by atoms with E-state index < -0.39 is 12.3 Å². The van der Waals surface area contributed by atoms with Crippen LogP contribution in [0, 0.1) is 11.8 Å². The molecule has 0 aromatic carbocycles. The summed E-state index contributed by atoms with van der Waals surface area (Å²) in [6, 6.07) is 0. The maximum Gasteiger partial charge on any atom is 0.330 e. The average Bonchev–Trinajstić information content (AvgIpc) is 2.18. The lowest BCUT2D eigenvalue weighted by molar-refractivity contribution is -0.133. The molecule has 4 nitrogen and oxygen atoms in total. The summed E-state index contributed by atoms with van der Waals surface area (Å²) < 4.78 is 0. The lowest BCUT2D eigenvalue weighted by Crippen LogP contribution is -2.25. The second-order valence-electron chi connectivity index (χ2n) is 4.31. The van der Waals surface area contributed by atoms with Crippen molar-refractivity contribution in [1.82, 2.24) is 0 Å². The van der Waals surface area contributed by atoms with Crippen molar-refractivity contribution in [1.29, 1.82) is 0 Å². The van der Waals surface area contributed by atoms with Gasteiger partial charge in [-0.15, -0.1) is 0 Å². The molecule has 0 radical (unpaired) electrons. The Morgan fingerprint density at radius 1 is 1.27 bits per heavy atom. The van der Waals surface area contributed by atoms with E-state index in [0.29, 0.717) is 12.3 Å². The van der Waals surface area contributed by atoms with Gasteiger partial charge in [0.1, 0.15) is 0 Å². The lowest BCUT2D eigenvalue weighted by Gasteiger charge is -2.29. The Hall–Kier alpha value is -0.870. The van der Waals surface area contributed by atoms with E-state index in [1.807, 2.05) is 0 Å². The minimum absolute atomic E-state index is 0.0423. The maximum absolute atomic E-state index is 10.6. The highest BCUT2D eigenvalue weighted by Crippen LogP contribution is 2.33. The van der Waals surface area contributed by atoms with Crippen LogP contribution in [0.5, 0.6) is 0 Å². The van der Waals surface area contributed by atoms with Crippen molar-refractivity contribution >= 4 is 5.97 Å². The summed E-state index contributed by atoms with van der Waals surface area (Å²) in [6.07, 6.45) is 2.52. The van der Waals surface area contributed by atoms with Gasteiger partial charge in [-0.3, -0.25) is 0 Å². The van der Waals surface area contributed by atoms with Gasteiger partial charge in [-0.2, -0.15) is 0 Å². The normalized spacial score (nSPS) is 26.6. The Balaban J connectivity index is 2.32. The fourth-order valence-electron chi connectivity index (χ4n) is 2.13. The van der Waals surface area contributed by atoms with E-state index in [2.05, 4.69) is 6.58 Å². The van der Waals surface area contributed by atoms with Gasteiger partial charge in [0.05, 0.1) is 0 Å². The summed E-state index contributed by atoms with van der Waals surface area (Å²) in [5, 5.41) is 26.6. The lowest BCUT2D eigenvalue weighted by atomic mass is 9.79. The van der Waals surface area contributed by atoms with Gasteiger partial charge < -0.3 is 15.3 Å². The van der Waals surface area contributed by atoms with Crippen LogP contribution in [0.25, 0.3) is 0 Å². The first-order chi connectivity index (χ1) is 7.00. The number of aliphatic carboxylic acids is 1. The number of aliphatic hydroxyl groups excluding tert-OH is 1. The van der Waals surface area contributed by atoms with E-state index >= 15 is 0 Å². The Bertz CT molecular complexity index is 239. The highest BCUT2D eigenvalue weighted by atomic mass is 16.5. The first-order valence-corrected chi connectivity index (χ1v) is 5.28. The number of carboxylic acids is 1. The number of carboxylic acid groups (broad SMARTS) is 1. The SMILES string of the molecule is C=C(CC1CCC(C(O)O)CC1)C(=O)O. The van der Waals surface area contributed by atoms with E-state index in [-0.39, 0.29) is 11.5 Å². The quantitative estimate of drug-likeness (QED) is 0.484. The zero-order valence-electron chi connectivity index (χ0n) is 8.72. The van der Waals surface area contributed by atoms with Crippen LogP contribution < -0.4 is 0 Å². The van der Waals surface area contributed by atoms with Crippen LogP contribution in [0.2, 0.25) is 0 Å². The molecule has 0 bridgehead atoms. The average molecular weight is 214 g/mol. The minimum atomic E-state index is -1.23. The molecule has 0 saturated heterocycles. The van der Waals surface area contributed by atoms with Gasteiger partial charge >= 0.3 is 5.97 Å². The number of hydrogen-bond donors (Lipinski definition) is 3. The van der Waals surface area contributed by atoms with Crippen LogP contribution in [-0.4, -0.2) is 27.6 Å². The van der Waals surface area contributed by atoms with Gasteiger partial charge in [-0.25, -0.2) is 4.79 Å². The van der Waals surface area contributed by atoms with Crippen LogP contribution in [0.1, 0.15) is 32.1 Å². The zero-order valence-corrected chi connectivity index (χ0v) is 8.72. The molecular weight excluding hydrogens is 196 g/mol. The number of carbonyl (C=O) groups is 1. The van der Waals surface area contributed by atoms with Crippen molar-refractivity contribution < 1.29 is 20.1 Å². The topological polar surface area (TPSA) is 77.8 Å². The largest absolute Gasteiger partial charge is 0.478 e. The third-order valence-corrected chi connectivity index (χ3v) is 3.15. The highest BCUT2D eigenvalue weighted by molar-refractivity contribution is 5.85. The molecule has 86 valence electrons.